The highest BCUT2D eigenvalue weighted by molar-refractivity contribution is 5.72. The van der Waals surface area contributed by atoms with E-state index in [0.29, 0.717) is 5.92 Å². The van der Waals surface area contributed by atoms with Crippen LogP contribution in [-0.2, 0) is 25.7 Å². The van der Waals surface area contributed by atoms with E-state index in [1.165, 1.54) is 64.6 Å². The number of rotatable bonds is 5. The van der Waals surface area contributed by atoms with Gasteiger partial charge in [-0.05, 0) is 70.5 Å². The van der Waals surface area contributed by atoms with Crippen LogP contribution in [0.3, 0.4) is 0 Å². The molecule has 138 valence electrons. The second-order valence-electron chi connectivity index (χ2n) is 8.00. The van der Waals surface area contributed by atoms with E-state index < -0.39 is 0 Å². The molecule has 0 radical (unpaired) electrons. The van der Waals surface area contributed by atoms with Crippen molar-refractivity contribution in [2.24, 2.45) is 0 Å². The fourth-order valence-electron chi connectivity index (χ4n) is 4.57. The summed E-state index contributed by atoms with van der Waals surface area (Å²) in [7, 11) is 0. The molecule has 1 unspecified atom stereocenters. The number of fused-ring (bicyclic) bond motifs is 3. The highest BCUT2D eigenvalue weighted by atomic mass is 14.3. The van der Waals surface area contributed by atoms with Crippen molar-refractivity contribution >= 4 is 0 Å². The van der Waals surface area contributed by atoms with Gasteiger partial charge in [0.1, 0.15) is 0 Å². The van der Waals surface area contributed by atoms with Gasteiger partial charge in [-0.25, -0.2) is 0 Å². The van der Waals surface area contributed by atoms with Crippen LogP contribution in [0.15, 0.2) is 66.7 Å². The maximum absolute atomic E-state index is 2.47. The normalized spacial score (nSPS) is 15.7. The van der Waals surface area contributed by atoms with Crippen molar-refractivity contribution in [3.63, 3.8) is 0 Å². The first-order valence-electron chi connectivity index (χ1n) is 10.6. The summed E-state index contributed by atoms with van der Waals surface area (Å²) in [4.78, 5) is 0. The predicted octanol–water partition coefficient (Wildman–Crippen LogP) is 7.14. The average molecular weight is 355 g/mol. The summed E-state index contributed by atoms with van der Waals surface area (Å²) in [6, 6.07) is 25.6. The Balaban J connectivity index is 1.75. The van der Waals surface area contributed by atoms with E-state index in [4.69, 9.17) is 0 Å². The topological polar surface area (TPSA) is 0 Å². The minimum absolute atomic E-state index is 0.556. The molecule has 4 rings (SSSR count). The minimum Gasteiger partial charge on any atom is -0.0651 e. The van der Waals surface area contributed by atoms with Gasteiger partial charge in [0.15, 0.2) is 0 Å². The van der Waals surface area contributed by atoms with Crippen LogP contribution in [0.25, 0.3) is 11.1 Å². The quantitative estimate of drug-likeness (QED) is 0.457. The van der Waals surface area contributed by atoms with Crippen molar-refractivity contribution in [3.05, 3.63) is 94.5 Å². The van der Waals surface area contributed by atoms with E-state index in [2.05, 4.69) is 80.6 Å². The summed E-state index contributed by atoms with van der Waals surface area (Å²) in [5.41, 5.74) is 10.3. The van der Waals surface area contributed by atoms with Crippen molar-refractivity contribution in [2.75, 3.05) is 0 Å². The maximum atomic E-state index is 2.47. The van der Waals surface area contributed by atoms with Gasteiger partial charge in [0.05, 0.1) is 0 Å². The summed E-state index contributed by atoms with van der Waals surface area (Å²) in [5.74, 6) is 0.556. The van der Waals surface area contributed by atoms with Crippen LogP contribution in [-0.4, -0.2) is 0 Å². The Morgan fingerprint density at radius 2 is 1.30 bits per heavy atom. The zero-order chi connectivity index (χ0) is 18.6. The molecule has 0 N–H and O–H groups in total. The highest BCUT2D eigenvalue weighted by Crippen LogP contribution is 2.38. The maximum Gasteiger partial charge on any atom is -0.00806 e. The van der Waals surface area contributed by atoms with Crippen LogP contribution >= 0.6 is 0 Å². The van der Waals surface area contributed by atoms with E-state index in [9.17, 15) is 0 Å². The molecule has 0 aliphatic heterocycles. The number of hydrogen-bond donors (Lipinski definition) is 0. The average Bonchev–Trinajstić information content (AvgIpc) is 2.85. The first-order chi connectivity index (χ1) is 13.3. The van der Waals surface area contributed by atoms with Crippen LogP contribution in [0.2, 0.25) is 0 Å². The van der Waals surface area contributed by atoms with Gasteiger partial charge in [-0.1, -0.05) is 93.4 Å². The number of hydrogen-bond acceptors (Lipinski definition) is 0. The lowest BCUT2D eigenvalue weighted by Gasteiger charge is -2.17. The molecule has 27 heavy (non-hydrogen) atoms. The van der Waals surface area contributed by atoms with E-state index >= 15 is 0 Å². The molecule has 1 atom stereocenters. The Labute approximate surface area is 164 Å². The van der Waals surface area contributed by atoms with Crippen LogP contribution in [0.5, 0.6) is 0 Å². The molecule has 0 fully saturated rings. The molecule has 0 heterocycles. The van der Waals surface area contributed by atoms with Crippen LogP contribution in [0.4, 0.5) is 0 Å². The summed E-state index contributed by atoms with van der Waals surface area (Å²) in [6.07, 6.45) is 7.03. The molecular formula is C27H30. The molecule has 0 saturated carbocycles. The predicted molar refractivity (Wildman–Crippen MR) is 116 cm³/mol. The van der Waals surface area contributed by atoms with Crippen molar-refractivity contribution in [2.45, 2.75) is 58.3 Å². The second kappa shape index (κ2) is 8.13. The lowest BCUT2D eigenvalue weighted by molar-refractivity contribution is 0.687. The minimum atomic E-state index is 0.556. The summed E-state index contributed by atoms with van der Waals surface area (Å²) < 4.78 is 0. The molecule has 3 aromatic carbocycles. The summed E-state index contributed by atoms with van der Waals surface area (Å²) >= 11 is 0. The van der Waals surface area contributed by atoms with E-state index in [1.807, 2.05) is 0 Å². The van der Waals surface area contributed by atoms with Gasteiger partial charge < -0.3 is 0 Å². The molecule has 3 aromatic rings. The van der Waals surface area contributed by atoms with Crippen LogP contribution in [0.1, 0.15) is 60.4 Å². The first-order valence-corrected chi connectivity index (χ1v) is 10.6. The molecule has 1 aliphatic rings. The Kier molecular flexibility index (Phi) is 5.43. The molecule has 0 aromatic heterocycles. The van der Waals surface area contributed by atoms with E-state index in [0.717, 1.165) is 12.8 Å². The Morgan fingerprint density at radius 3 is 2.07 bits per heavy atom. The molecule has 0 heteroatoms. The Hall–Kier alpha value is -2.34. The first kappa shape index (κ1) is 18.0. The van der Waals surface area contributed by atoms with Crippen LogP contribution in [0, 0.1) is 0 Å². The largest absolute Gasteiger partial charge is 0.0651 e. The van der Waals surface area contributed by atoms with Crippen molar-refractivity contribution in [3.8, 4) is 11.1 Å². The van der Waals surface area contributed by atoms with Gasteiger partial charge in [0.25, 0.3) is 0 Å². The number of aryl methyl sites for hydroxylation is 2. The standard InChI is InChI=1S/C27H30/c1-3-7-20-11-14-22(15-12-20)24-18-23-9-5-6-10-26(23)27-16-13-21(8-4-2)17-25(27)19-24/h5-6,9-17,24H,3-4,7-8,18-19H2,1-2H3. The SMILES string of the molecule is CCCc1ccc(C2Cc3ccccc3-c3ccc(CCC)cc3C2)cc1. The summed E-state index contributed by atoms with van der Waals surface area (Å²) in [5, 5.41) is 0. The molecule has 0 bridgehead atoms. The molecule has 0 spiro atoms. The second-order valence-corrected chi connectivity index (χ2v) is 8.00. The zero-order valence-corrected chi connectivity index (χ0v) is 16.7. The monoisotopic (exact) mass is 354 g/mol. The van der Waals surface area contributed by atoms with Gasteiger partial charge >= 0.3 is 0 Å². The molecule has 0 nitrogen and oxygen atoms in total. The van der Waals surface area contributed by atoms with Crippen LogP contribution < -0.4 is 0 Å². The van der Waals surface area contributed by atoms with Gasteiger partial charge in [0, 0.05) is 0 Å². The summed E-state index contributed by atoms with van der Waals surface area (Å²) in [6.45, 7) is 4.52. The lowest BCUT2D eigenvalue weighted by atomic mass is 9.87. The molecule has 0 saturated heterocycles. The third-order valence-electron chi connectivity index (χ3n) is 5.94. The van der Waals surface area contributed by atoms with Gasteiger partial charge in [-0.2, -0.15) is 0 Å². The third kappa shape index (κ3) is 3.86. The molecule has 0 amide bonds. The fraction of sp³-hybridized carbons (Fsp3) is 0.333. The highest BCUT2D eigenvalue weighted by Gasteiger charge is 2.22. The molecule has 1 aliphatic carbocycles. The Morgan fingerprint density at radius 1 is 0.667 bits per heavy atom. The van der Waals surface area contributed by atoms with Crippen molar-refractivity contribution in [1.29, 1.82) is 0 Å². The van der Waals surface area contributed by atoms with Gasteiger partial charge in [-0.15, -0.1) is 0 Å². The Bertz CT molecular complexity index is 902. The van der Waals surface area contributed by atoms with E-state index in [1.54, 1.807) is 0 Å². The third-order valence-corrected chi connectivity index (χ3v) is 5.94. The van der Waals surface area contributed by atoms with Gasteiger partial charge in [0.2, 0.25) is 0 Å². The number of benzene rings is 3. The van der Waals surface area contributed by atoms with Gasteiger partial charge in [-0.3, -0.25) is 0 Å². The lowest BCUT2D eigenvalue weighted by Crippen LogP contribution is -2.05. The smallest absolute Gasteiger partial charge is 0.00806 e. The van der Waals surface area contributed by atoms with E-state index in [-0.39, 0.29) is 0 Å². The zero-order valence-electron chi connectivity index (χ0n) is 16.7. The van der Waals surface area contributed by atoms with Crippen molar-refractivity contribution < 1.29 is 0 Å². The fourth-order valence-corrected chi connectivity index (χ4v) is 4.57. The molecular weight excluding hydrogens is 324 g/mol. The van der Waals surface area contributed by atoms with Crippen molar-refractivity contribution in [1.82, 2.24) is 0 Å².